The number of nitrogens with one attached hydrogen (secondary N) is 1. The van der Waals surface area contributed by atoms with Crippen molar-refractivity contribution in [2.75, 3.05) is 18.5 Å². The van der Waals surface area contributed by atoms with Gasteiger partial charge in [-0.2, -0.15) is 0 Å². The van der Waals surface area contributed by atoms with E-state index in [0.29, 0.717) is 12.5 Å². The Morgan fingerprint density at radius 3 is 2.94 bits per heavy atom. The summed E-state index contributed by atoms with van der Waals surface area (Å²) >= 11 is 0. The summed E-state index contributed by atoms with van der Waals surface area (Å²) in [6.07, 6.45) is 4.15. The highest BCUT2D eigenvalue weighted by Gasteiger charge is 1.99. The van der Waals surface area contributed by atoms with Gasteiger partial charge in [-0.1, -0.05) is 6.07 Å². The summed E-state index contributed by atoms with van der Waals surface area (Å²) in [5.74, 6) is 1.36. The van der Waals surface area contributed by atoms with E-state index < -0.39 is 0 Å². The lowest BCUT2D eigenvalue weighted by Gasteiger charge is -2.06. The van der Waals surface area contributed by atoms with Gasteiger partial charge in [0.25, 0.3) is 0 Å². The van der Waals surface area contributed by atoms with Gasteiger partial charge in [-0.15, -0.1) is 0 Å². The molecule has 94 valence electrons. The van der Waals surface area contributed by atoms with Gasteiger partial charge in [0.1, 0.15) is 12.1 Å². The van der Waals surface area contributed by atoms with Gasteiger partial charge in [0, 0.05) is 30.9 Å². The number of aromatic nitrogens is 3. The first kappa shape index (κ1) is 12.3. The lowest BCUT2D eigenvalue weighted by molar-refractivity contribution is 0.326. The van der Waals surface area contributed by atoms with Crippen LogP contribution in [0.25, 0.3) is 0 Å². The van der Waals surface area contributed by atoms with Crippen molar-refractivity contribution in [3.63, 3.8) is 0 Å². The number of hydrogen-bond acceptors (Lipinski definition) is 5. The molecule has 0 aliphatic heterocycles. The normalized spacial score (nSPS) is 10.1. The summed E-state index contributed by atoms with van der Waals surface area (Å²) in [4.78, 5) is 12.4. The van der Waals surface area contributed by atoms with Crippen LogP contribution in [0.15, 0.2) is 36.8 Å². The molecule has 18 heavy (non-hydrogen) atoms. The molecule has 0 spiro atoms. The van der Waals surface area contributed by atoms with Gasteiger partial charge in [0.15, 0.2) is 0 Å². The van der Waals surface area contributed by atoms with E-state index in [-0.39, 0.29) is 0 Å². The van der Waals surface area contributed by atoms with Crippen molar-refractivity contribution in [1.29, 1.82) is 0 Å². The smallest absolute Gasteiger partial charge is 0.218 e. The van der Waals surface area contributed by atoms with Crippen molar-refractivity contribution in [2.24, 2.45) is 0 Å². The Morgan fingerprint density at radius 2 is 2.17 bits per heavy atom. The summed E-state index contributed by atoms with van der Waals surface area (Å²) in [7, 11) is 0. The molecule has 2 heterocycles. The Kier molecular flexibility index (Phi) is 4.46. The van der Waals surface area contributed by atoms with Crippen LogP contribution >= 0.6 is 0 Å². The zero-order valence-electron chi connectivity index (χ0n) is 10.3. The van der Waals surface area contributed by atoms with Crippen molar-refractivity contribution in [1.82, 2.24) is 15.0 Å². The van der Waals surface area contributed by atoms with E-state index in [9.17, 15) is 0 Å². The molecule has 0 bridgehead atoms. The van der Waals surface area contributed by atoms with Gasteiger partial charge in [-0.05, 0) is 19.1 Å². The van der Waals surface area contributed by atoms with Crippen LogP contribution in [0.5, 0.6) is 5.88 Å². The average Bonchev–Trinajstić information content (AvgIpc) is 2.41. The van der Waals surface area contributed by atoms with Crippen molar-refractivity contribution in [2.45, 2.75) is 13.3 Å². The van der Waals surface area contributed by atoms with Gasteiger partial charge in [0.2, 0.25) is 5.88 Å². The van der Waals surface area contributed by atoms with E-state index in [1.165, 1.54) is 6.33 Å². The average molecular weight is 244 g/mol. The van der Waals surface area contributed by atoms with Crippen molar-refractivity contribution >= 4 is 5.82 Å². The van der Waals surface area contributed by atoms with Gasteiger partial charge in [-0.3, -0.25) is 4.98 Å². The molecule has 1 N–H and O–H groups in total. The van der Waals surface area contributed by atoms with Crippen molar-refractivity contribution in [3.05, 3.63) is 42.5 Å². The highest BCUT2D eigenvalue weighted by molar-refractivity contribution is 5.37. The molecule has 2 aromatic rings. The molecule has 0 aromatic carbocycles. The van der Waals surface area contributed by atoms with E-state index in [2.05, 4.69) is 20.3 Å². The third kappa shape index (κ3) is 3.69. The topological polar surface area (TPSA) is 59.9 Å². The maximum atomic E-state index is 5.31. The van der Waals surface area contributed by atoms with E-state index >= 15 is 0 Å². The number of nitrogens with zero attached hydrogens (tertiary/aromatic N) is 3. The van der Waals surface area contributed by atoms with Crippen LogP contribution < -0.4 is 10.1 Å². The molecule has 0 unspecified atom stereocenters. The maximum absolute atomic E-state index is 5.31. The molecular weight excluding hydrogens is 228 g/mol. The predicted molar refractivity (Wildman–Crippen MR) is 69.6 cm³/mol. The maximum Gasteiger partial charge on any atom is 0.218 e. The van der Waals surface area contributed by atoms with Crippen molar-refractivity contribution in [3.8, 4) is 5.88 Å². The Hall–Kier alpha value is -2.17. The Labute approximate surface area is 106 Å². The molecule has 5 nitrogen and oxygen atoms in total. The zero-order valence-corrected chi connectivity index (χ0v) is 10.3. The monoisotopic (exact) mass is 244 g/mol. The summed E-state index contributed by atoms with van der Waals surface area (Å²) in [6.45, 7) is 3.31. The minimum absolute atomic E-state index is 0.591. The SMILES string of the molecule is CCOc1cc(NCCc2ccccn2)ncn1. The van der Waals surface area contributed by atoms with E-state index in [1.807, 2.05) is 25.1 Å². The van der Waals surface area contributed by atoms with Crippen LogP contribution in [-0.2, 0) is 6.42 Å². The number of ether oxygens (including phenoxy) is 1. The number of hydrogen-bond donors (Lipinski definition) is 1. The number of rotatable bonds is 6. The van der Waals surface area contributed by atoms with E-state index in [1.54, 1.807) is 12.3 Å². The lowest BCUT2D eigenvalue weighted by Crippen LogP contribution is -2.07. The third-order valence-corrected chi connectivity index (χ3v) is 2.35. The molecule has 2 aromatic heterocycles. The molecule has 0 fully saturated rings. The van der Waals surface area contributed by atoms with Crippen LogP contribution in [0.1, 0.15) is 12.6 Å². The standard InChI is InChI=1S/C13H16N4O/c1-2-18-13-9-12(16-10-17-13)15-8-6-11-5-3-4-7-14-11/h3-5,7,9-10H,2,6,8H2,1H3,(H,15,16,17). The zero-order chi connectivity index (χ0) is 12.6. The highest BCUT2D eigenvalue weighted by Crippen LogP contribution is 2.10. The number of pyridine rings is 1. The molecule has 5 heteroatoms. The summed E-state index contributed by atoms with van der Waals surface area (Å²) < 4.78 is 5.31. The molecule has 2 rings (SSSR count). The minimum atomic E-state index is 0.591. The van der Waals surface area contributed by atoms with Crippen molar-refractivity contribution < 1.29 is 4.74 Å². The van der Waals surface area contributed by atoms with Crippen LogP contribution in [0.2, 0.25) is 0 Å². The highest BCUT2D eigenvalue weighted by atomic mass is 16.5. The Morgan fingerprint density at radius 1 is 1.22 bits per heavy atom. The largest absolute Gasteiger partial charge is 0.478 e. The van der Waals surface area contributed by atoms with Gasteiger partial charge >= 0.3 is 0 Å². The predicted octanol–water partition coefficient (Wildman–Crippen LogP) is 1.92. The summed E-state index contributed by atoms with van der Waals surface area (Å²) in [5.41, 5.74) is 1.06. The molecule has 0 saturated heterocycles. The molecular formula is C13H16N4O. The summed E-state index contributed by atoms with van der Waals surface area (Å²) in [6, 6.07) is 7.70. The van der Waals surface area contributed by atoms with Gasteiger partial charge < -0.3 is 10.1 Å². The minimum Gasteiger partial charge on any atom is -0.478 e. The van der Waals surface area contributed by atoms with Crippen LogP contribution in [0.4, 0.5) is 5.82 Å². The lowest BCUT2D eigenvalue weighted by atomic mass is 10.3. The fourth-order valence-corrected chi connectivity index (χ4v) is 1.53. The second kappa shape index (κ2) is 6.54. The molecule has 0 aliphatic carbocycles. The third-order valence-electron chi connectivity index (χ3n) is 2.35. The summed E-state index contributed by atoms with van der Waals surface area (Å²) in [5, 5.41) is 3.22. The van der Waals surface area contributed by atoms with E-state index in [0.717, 1.165) is 24.5 Å². The fraction of sp³-hybridized carbons (Fsp3) is 0.308. The molecule has 0 aliphatic rings. The van der Waals surface area contributed by atoms with Crippen LogP contribution in [0.3, 0.4) is 0 Å². The van der Waals surface area contributed by atoms with Gasteiger partial charge in [0.05, 0.1) is 6.61 Å². The second-order valence-electron chi connectivity index (χ2n) is 3.67. The van der Waals surface area contributed by atoms with Crippen LogP contribution in [0, 0.1) is 0 Å². The Bertz CT molecular complexity index is 475. The quantitative estimate of drug-likeness (QED) is 0.841. The molecule has 0 saturated carbocycles. The van der Waals surface area contributed by atoms with Gasteiger partial charge in [-0.25, -0.2) is 9.97 Å². The fourth-order valence-electron chi connectivity index (χ4n) is 1.53. The van der Waals surface area contributed by atoms with E-state index in [4.69, 9.17) is 4.74 Å². The molecule has 0 radical (unpaired) electrons. The first-order valence-corrected chi connectivity index (χ1v) is 5.97. The first-order chi connectivity index (χ1) is 8.88. The molecule has 0 amide bonds. The number of anilines is 1. The Balaban J connectivity index is 1.84. The first-order valence-electron chi connectivity index (χ1n) is 5.97. The van der Waals surface area contributed by atoms with Crippen LogP contribution in [-0.4, -0.2) is 28.1 Å². The second-order valence-corrected chi connectivity index (χ2v) is 3.67. The molecule has 0 atom stereocenters.